The summed E-state index contributed by atoms with van der Waals surface area (Å²) >= 11 is 1.67. The number of pyridine rings is 1. The van der Waals surface area contributed by atoms with Gasteiger partial charge in [0.25, 0.3) is 5.91 Å². The molecule has 2 heterocycles. The van der Waals surface area contributed by atoms with Crippen molar-refractivity contribution in [3.63, 3.8) is 0 Å². The predicted molar refractivity (Wildman–Crippen MR) is 85.6 cm³/mol. The van der Waals surface area contributed by atoms with E-state index >= 15 is 0 Å². The Kier molecular flexibility index (Phi) is 4.20. The van der Waals surface area contributed by atoms with Gasteiger partial charge in [0.05, 0.1) is 0 Å². The van der Waals surface area contributed by atoms with Crippen LogP contribution >= 0.6 is 11.3 Å². The Labute approximate surface area is 128 Å². The lowest BCUT2D eigenvalue weighted by Crippen LogP contribution is -2.33. The first-order chi connectivity index (χ1) is 10.3. The second kappa shape index (κ2) is 6.26. The number of nitrogens with one attached hydrogen (secondary N) is 1. The summed E-state index contributed by atoms with van der Waals surface area (Å²) < 4.78 is 0. The molecule has 1 fully saturated rings. The molecule has 110 valence electrons. The highest BCUT2D eigenvalue weighted by molar-refractivity contribution is 7.07. The minimum atomic E-state index is 0.0310. The number of rotatable bonds is 6. The summed E-state index contributed by atoms with van der Waals surface area (Å²) in [7, 11) is 0. The zero-order chi connectivity index (χ0) is 14.7. The van der Waals surface area contributed by atoms with Crippen LogP contribution in [0.1, 0.15) is 35.8 Å². The fourth-order valence-electron chi connectivity index (χ4n) is 2.34. The van der Waals surface area contributed by atoms with Crippen LogP contribution < -0.4 is 5.32 Å². The molecule has 1 aliphatic carbocycles. The average Bonchev–Trinajstić information content (AvgIpc) is 3.21. The molecule has 4 nitrogen and oxygen atoms in total. The minimum Gasteiger partial charge on any atom is -0.385 e. The molecular weight excluding hydrogens is 282 g/mol. The number of carbonyl (C=O) groups excluding carboxylic acids is 1. The van der Waals surface area contributed by atoms with Gasteiger partial charge >= 0.3 is 0 Å². The van der Waals surface area contributed by atoms with E-state index in [4.69, 9.17) is 0 Å². The molecule has 0 bridgehead atoms. The third-order valence-corrected chi connectivity index (χ3v) is 4.27. The molecule has 1 aliphatic rings. The van der Waals surface area contributed by atoms with E-state index in [0.717, 1.165) is 25.1 Å². The predicted octanol–water partition coefficient (Wildman–Crippen LogP) is 3.38. The monoisotopic (exact) mass is 301 g/mol. The molecule has 2 aromatic rings. The van der Waals surface area contributed by atoms with Gasteiger partial charge in [-0.15, -0.1) is 0 Å². The van der Waals surface area contributed by atoms with Gasteiger partial charge in [0, 0.05) is 31.0 Å². The first kappa shape index (κ1) is 14.1. The maximum Gasteiger partial charge on any atom is 0.273 e. The summed E-state index contributed by atoms with van der Waals surface area (Å²) in [5.74, 6) is 0.0310. The van der Waals surface area contributed by atoms with Gasteiger partial charge in [-0.1, -0.05) is 0 Å². The first-order valence-electron chi connectivity index (χ1n) is 7.30. The van der Waals surface area contributed by atoms with Crippen molar-refractivity contribution in [2.24, 2.45) is 0 Å². The van der Waals surface area contributed by atoms with E-state index in [1.807, 2.05) is 24.0 Å². The van der Waals surface area contributed by atoms with Crippen LogP contribution in [-0.4, -0.2) is 28.4 Å². The fraction of sp³-hybridized carbons (Fsp3) is 0.375. The molecule has 5 heteroatoms. The highest BCUT2D eigenvalue weighted by Crippen LogP contribution is 2.30. The van der Waals surface area contributed by atoms with E-state index in [0.29, 0.717) is 18.3 Å². The normalized spacial score (nSPS) is 14.0. The zero-order valence-corrected chi connectivity index (χ0v) is 12.9. The molecule has 0 saturated heterocycles. The number of thiophene rings is 1. The fourth-order valence-corrected chi connectivity index (χ4v) is 3.00. The molecule has 0 unspecified atom stereocenters. The number of hydrogen-bond donors (Lipinski definition) is 1. The van der Waals surface area contributed by atoms with Crippen molar-refractivity contribution < 1.29 is 4.79 Å². The summed E-state index contributed by atoms with van der Waals surface area (Å²) in [6.07, 6.45) is 3.90. The number of hydrogen-bond acceptors (Lipinski definition) is 4. The lowest BCUT2D eigenvalue weighted by molar-refractivity contribution is 0.0724. The molecule has 1 N–H and O–H groups in total. The van der Waals surface area contributed by atoms with Crippen molar-refractivity contribution in [2.75, 3.05) is 11.9 Å². The van der Waals surface area contributed by atoms with Crippen molar-refractivity contribution in [1.29, 1.82) is 0 Å². The van der Waals surface area contributed by atoms with Gasteiger partial charge in [0.2, 0.25) is 0 Å². The number of carbonyl (C=O) groups is 1. The van der Waals surface area contributed by atoms with Crippen LogP contribution in [0.3, 0.4) is 0 Å². The lowest BCUT2D eigenvalue weighted by atomic mass is 10.2. The van der Waals surface area contributed by atoms with Gasteiger partial charge in [0.1, 0.15) is 5.69 Å². The van der Waals surface area contributed by atoms with Crippen LogP contribution in [0.5, 0.6) is 0 Å². The summed E-state index contributed by atoms with van der Waals surface area (Å²) in [5.41, 5.74) is 2.67. The summed E-state index contributed by atoms with van der Waals surface area (Å²) in [6.45, 7) is 3.55. The lowest BCUT2D eigenvalue weighted by Gasteiger charge is -2.21. The molecule has 3 rings (SSSR count). The van der Waals surface area contributed by atoms with E-state index in [9.17, 15) is 4.79 Å². The van der Waals surface area contributed by atoms with Gasteiger partial charge in [-0.3, -0.25) is 9.78 Å². The van der Waals surface area contributed by atoms with E-state index in [1.165, 1.54) is 5.56 Å². The Morgan fingerprint density at radius 2 is 2.33 bits per heavy atom. The first-order valence-corrected chi connectivity index (χ1v) is 8.24. The highest BCUT2D eigenvalue weighted by atomic mass is 32.1. The van der Waals surface area contributed by atoms with Crippen LogP contribution in [0, 0.1) is 0 Å². The molecule has 0 aromatic carbocycles. The number of anilines is 1. The Bertz CT molecular complexity index is 608. The SMILES string of the molecule is CCNc1ccnc(C(=O)N(Cc2ccsc2)C2CC2)c1. The van der Waals surface area contributed by atoms with Gasteiger partial charge in [-0.2, -0.15) is 11.3 Å². The molecule has 0 aliphatic heterocycles. The Morgan fingerprint density at radius 3 is 3.00 bits per heavy atom. The summed E-state index contributed by atoms with van der Waals surface area (Å²) in [4.78, 5) is 19.0. The zero-order valence-electron chi connectivity index (χ0n) is 12.1. The Morgan fingerprint density at radius 1 is 1.48 bits per heavy atom. The maximum absolute atomic E-state index is 12.7. The van der Waals surface area contributed by atoms with Gasteiger partial charge < -0.3 is 10.2 Å². The summed E-state index contributed by atoms with van der Waals surface area (Å²) in [5, 5.41) is 7.38. The molecule has 0 spiro atoms. The molecule has 1 saturated carbocycles. The Balaban J connectivity index is 1.79. The van der Waals surface area contributed by atoms with Crippen LogP contribution in [-0.2, 0) is 6.54 Å². The second-order valence-electron chi connectivity index (χ2n) is 5.26. The molecule has 2 aromatic heterocycles. The van der Waals surface area contributed by atoms with Crippen molar-refractivity contribution in [3.05, 3.63) is 46.4 Å². The molecule has 21 heavy (non-hydrogen) atoms. The van der Waals surface area contributed by atoms with E-state index in [1.54, 1.807) is 17.5 Å². The van der Waals surface area contributed by atoms with Gasteiger partial charge in [0.15, 0.2) is 0 Å². The van der Waals surface area contributed by atoms with Gasteiger partial charge in [-0.25, -0.2) is 0 Å². The van der Waals surface area contributed by atoms with Crippen molar-refractivity contribution in [1.82, 2.24) is 9.88 Å². The van der Waals surface area contributed by atoms with Crippen LogP contribution in [0.25, 0.3) is 0 Å². The smallest absolute Gasteiger partial charge is 0.273 e. The third-order valence-electron chi connectivity index (χ3n) is 3.54. The minimum absolute atomic E-state index is 0.0310. The highest BCUT2D eigenvalue weighted by Gasteiger charge is 2.33. The van der Waals surface area contributed by atoms with Crippen LogP contribution in [0.2, 0.25) is 0 Å². The molecular formula is C16H19N3OS. The average molecular weight is 301 g/mol. The standard InChI is InChI=1S/C16H19N3OS/c1-2-17-13-5-7-18-15(9-13)16(20)19(14-3-4-14)10-12-6-8-21-11-12/h5-9,11,14H,2-4,10H2,1H3,(H,17,18). The van der Waals surface area contributed by atoms with Crippen molar-refractivity contribution in [2.45, 2.75) is 32.4 Å². The molecule has 0 radical (unpaired) electrons. The van der Waals surface area contributed by atoms with Gasteiger partial charge in [-0.05, 0) is 54.3 Å². The second-order valence-corrected chi connectivity index (χ2v) is 6.04. The number of aromatic nitrogens is 1. The van der Waals surface area contributed by atoms with Crippen molar-refractivity contribution >= 4 is 22.9 Å². The molecule has 0 atom stereocenters. The number of nitrogens with zero attached hydrogens (tertiary/aromatic N) is 2. The quantitative estimate of drug-likeness (QED) is 0.889. The van der Waals surface area contributed by atoms with E-state index < -0.39 is 0 Å². The number of amides is 1. The third kappa shape index (κ3) is 3.42. The van der Waals surface area contributed by atoms with Crippen LogP contribution in [0.4, 0.5) is 5.69 Å². The van der Waals surface area contributed by atoms with Crippen LogP contribution in [0.15, 0.2) is 35.2 Å². The van der Waals surface area contributed by atoms with E-state index in [-0.39, 0.29) is 5.91 Å². The largest absolute Gasteiger partial charge is 0.385 e. The maximum atomic E-state index is 12.7. The van der Waals surface area contributed by atoms with E-state index in [2.05, 4.69) is 27.1 Å². The Hall–Kier alpha value is -1.88. The summed E-state index contributed by atoms with van der Waals surface area (Å²) in [6, 6.07) is 6.19. The molecule has 1 amide bonds. The topological polar surface area (TPSA) is 45.2 Å². The van der Waals surface area contributed by atoms with Crippen molar-refractivity contribution in [3.8, 4) is 0 Å².